The highest BCUT2D eigenvalue weighted by atomic mass is 32.2. The van der Waals surface area contributed by atoms with Crippen molar-refractivity contribution in [2.24, 2.45) is 0 Å². The number of methoxy groups -OCH3 is 2. The molecule has 0 aliphatic rings. The summed E-state index contributed by atoms with van der Waals surface area (Å²) in [4.78, 5) is 5.14. The molecule has 3 aromatic carbocycles. The lowest BCUT2D eigenvalue weighted by Crippen LogP contribution is -2.07. The zero-order chi connectivity index (χ0) is 23.3. The van der Waals surface area contributed by atoms with Gasteiger partial charge in [-0.25, -0.2) is 0 Å². The van der Waals surface area contributed by atoms with Crippen molar-refractivity contribution < 1.29 is 9.47 Å². The third-order valence-corrected chi connectivity index (χ3v) is 7.07. The Morgan fingerprint density at radius 1 is 0.812 bits per heavy atom. The Hall–Kier alpha value is -3.46. The van der Waals surface area contributed by atoms with Gasteiger partial charge in [-0.15, -0.1) is 0 Å². The highest BCUT2D eigenvalue weighted by molar-refractivity contribution is 8.02. The predicted octanol–water partition coefficient (Wildman–Crippen LogP) is 5.40. The van der Waals surface area contributed by atoms with Crippen molar-refractivity contribution in [1.29, 1.82) is 10.5 Å². The standard InChI is InChI=1S/C24H22N4O2S2/c1-28(2)15-9-11-16(12-10-15)31-23-21(29-3)17(13-25)18(14-26)22(30-4)24(23)32-20-8-6-5-7-19(20)27/h5-12H,27H2,1-4H3. The summed E-state index contributed by atoms with van der Waals surface area (Å²) in [7, 11) is 6.95. The number of rotatable bonds is 7. The van der Waals surface area contributed by atoms with E-state index in [4.69, 9.17) is 15.2 Å². The average Bonchev–Trinajstić information content (AvgIpc) is 2.80. The predicted molar refractivity (Wildman–Crippen MR) is 129 cm³/mol. The number of hydrogen-bond donors (Lipinski definition) is 1. The van der Waals surface area contributed by atoms with Crippen LogP contribution < -0.4 is 20.1 Å². The van der Waals surface area contributed by atoms with Crippen molar-refractivity contribution in [1.82, 2.24) is 0 Å². The molecule has 0 aliphatic heterocycles. The van der Waals surface area contributed by atoms with Gasteiger partial charge in [0.05, 0.1) is 24.0 Å². The van der Waals surface area contributed by atoms with Crippen LogP contribution in [-0.2, 0) is 0 Å². The third-order valence-electron chi connectivity index (χ3n) is 4.66. The molecule has 0 unspecified atom stereocenters. The summed E-state index contributed by atoms with van der Waals surface area (Å²) in [6.07, 6.45) is 0. The highest BCUT2D eigenvalue weighted by Crippen LogP contribution is 2.52. The molecule has 0 spiro atoms. The molecule has 3 aromatic rings. The molecule has 8 heteroatoms. The van der Waals surface area contributed by atoms with Crippen molar-refractivity contribution in [2.75, 3.05) is 38.9 Å². The molecular weight excluding hydrogens is 440 g/mol. The Morgan fingerprint density at radius 2 is 1.34 bits per heavy atom. The third kappa shape index (κ3) is 4.57. The molecular formula is C24H22N4O2S2. The van der Waals surface area contributed by atoms with Crippen molar-refractivity contribution in [2.45, 2.75) is 19.6 Å². The highest BCUT2D eigenvalue weighted by Gasteiger charge is 2.27. The molecule has 0 radical (unpaired) electrons. The van der Waals surface area contributed by atoms with E-state index < -0.39 is 0 Å². The molecule has 6 nitrogen and oxygen atoms in total. The van der Waals surface area contributed by atoms with Gasteiger partial charge in [0.1, 0.15) is 23.3 Å². The van der Waals surface area contributed by atoms with Crippen molar-refractivity contribution >= 4 is 34.9 Å². The minimum atomic E-state index is 0.135. The van der Waals surface area contributed by atoms with Crippen LogP contribution in [0, 0.1) is 22.7 Å². The number of ether oxygens (including phenoxy) is 2. The summed E-state index contributed by atoms with van der Waals surface area (Å²) in [5, 5.41) is 19.6. The van der Waals surface area contributed by atoms with Crippen LogP contribution in [0.3, 0.4) is 0 Å². The molecule has 0 saturated heterocycles. The second-order valence-electron chi connectivity index (χ2n) is 6.83. The zero-order valence-corrected chi connectivity index (χ0v) is 19.8. The van der Waals surface area contributed by atoms with Gasteiger partial charge >= 0.3 is 0 Å². The molecule has 0 amide bonds. The second-order valence-corrected chi connectivity index (χ2v) is 8.96. The topological polar surface area (TPSA) is 95.3 Å². The van der Waals surface area contributed by atoms with Gasteiger partial charge in [0, 0.05) is 35.3 Å². The first kappa shape index (κ1) is 23.2. The van der Waals surface area contributed by atoms with Gasteiger partial charge in [-0.05, 0) is 36.4 Å². The average molecular weight is 463 g/mol. The second kappa shape index (κ2) is 10.2. The molecule has 0 bridgehead atoms. The minimum Gasteiger partial charge on any atom is -0.494 e. The molecule has 0 aliphatic carbocycles. The fraction of sp³-hybridized carbons (Fsp3) is 0.167. The lowest BCUT2D eigenvalue weighted by Gasteiger charge is -2.20. The largest absolute Gasteiger partial charge is 0.494 e. The normalized spacial score (nSPS) is 10.2. The van der Waals surface area contributed by atoms with Gasteiger partial charge in [-0.2, -0.15) is 10.5 Å². The number of benzene rings is 3. The van der Waals surface area contributed by atoms with E-state index >= 15 is 0 Å². The Balaban J connectivity index is 2.25. The molecule has 0 heterocycles. The van der Waals surface area contributed by atoms with Crippen LogP contribution in [0.5, 0.6) is 11.5 Å². The van der Waals surface area contributed by atoms with E-state index in [0.717, 1.165) is 15.5 Å². The first-order valence-corrected chi connectivity index (χ1v) is 11.2. The van der Waals surface area contributed by atoms with E-state index in [-0.39, 0.29) is 11.1 Å². The molecule has 32 heavy (non-hydrogen) atoms. The van der Waals surface area contributed by atoms with Gasteiger partial charge in [0.25, 0.3) is 0 Å². The number of nitrogen functional groups attached to an aromatic ring is 1. The monoisotopic (exact) mass is 462 g/mol. The molecule has 0 fully saturated rings. The first-order valence-electron chi connectivity index (χ1n) is 9.54. The fourth-order valence-corrected chi connectivity index (χ4v) is 5.30. The molecule has 0 saturated carbocycles. The first-order chi connectivity index (χ1) is 15.4. The van der Waals surface area contributed by atoms with Gasteiger partial charge in [-0.3, -0.25) is 0 Å². The Kier molecular flexibility index (Phi) is 7.42. The van der Waals surface area contributed by atoms with Crippen LogP contribution in [0.15, 0.2) is 68.1 Å². The molecule has 2 N–H and O–H groups in total. The lowest BCUT2D eigenvalue weighted by atomic mass is 10.1. The summed E-state index contributed by atoms with van der Waals surface area (Å²) in [5.74, 6) is 0.661. The van der Waals surface area contributed by atoms with Gasteiger partial charge in [-0.1, -0.05) is 35.7 Å². The molecule has 0 aromatic heterocycles. The minimum absolute atomic E-state index is 0.135. The smallest absolute Gasteiger partial charge is 0.153 e. The number of hydrogen-bond acceptors (Lipinski definition) is 8. The van der Waals surface area contributed by atoms with Gasteiger partial charge in [0.15, 0.2) is 11.5 Å². The Morgan fingerprint density at radius 3 is 1.81 bits per heavy atom. The number of nitrogens with zero attached hydrogens (tertiary/aromatic N) is 3. The van der Waals surface area contributed by atoms with E-state index in [9.17, 15) is 10.5 Å². The van der Waals surface area contributed by atoms with Crippen molar-refractivity contribution in [3.8, 4) is 23.6 Å². The Labute approximate surface area is 196 Å². The van der Waals surface area contributed by atoms with Crippen LogP contribution in [0.25, 0.3) is 0 Å². The van der Waals surface area contributed by atoms with Crippen LogP contribution in [-0.4, -0.2) is 28.3 Å². The van der Waals surface area contributed by atoms with E-state index in [1.54, 1.807) is 0 Å². The zero-order valence-electron chi connectivity index (χ0n) is 18.2. The summed E-state index contributed by atoms with van der Waals surface area (Å²) in [6, 6.07) is 19.7. The van der Waals surface area contributed by atoms with Crippen LogP contribution in [0.4, 0.5) is 11.4 Å². The number of nitriles is 2. The maximum absolute atomic E-state index is 9.82. The maximum atomic E-state index is 9.82. The molecule has 3 rings (SSSR count). The summed E-state index contributed by atoms with van der Waals surface area (Å²) >= 11 is 2.82. The molecule has 162 valence electrons. The molecule has 0 atom stereocenters. The number of nitrogens with two attached hydrogens (primary N) is 1. The van der Waals surface area contributed by atoms with Gasteiger partial charge in [0.2, 0.25) is 0 Å². The van der Waals surface area contributed by atoms with E-state index in [1.165, 1.54) is 37.7 Å². The van der Waals surface area contributed by atoms with Crippen LogP contribution >= 0.6 is 23.5 Å². The SMILES string of the molecule is COc1c(C#N)c(C#N)c(OC)c(Sc2ccccc2N)c1Sc1ccc(N(C)C)cc1. The van der Waals surface area contributed by atoms with E-state index in [0.29, 0.717) is 27.0 Å². The maximum Gasteiger partial charge on any atom is 0.153 e. The lowest BCUT2D eigenvalue weighted by molar-refractivity contribution is 0.382. The summed E-state index contributed by atoms with van der Waals surface area (Å²) in [5.41, 5.74) is 8.14. The van der Waals surface area contributed by atoms with Crippen molar-refractivity contribution in [3.05, 3.63) is 59.7 Å². The van der Waals surface area contributed by atoms with E-state index in [1.807, 2.05) is 67.5 Å². The van der Waals surface area contributed by atoms with E-state index in [2.05, 4.69) is 12.1 Å². The summed E-state index contributed by atoms with van der Waals surface area (Å²) in [6.45, 7) is 0. The number of para-hydroxylation sites is 1. The number of anilines is 2. The quantitative estimate of drug-likeness (QED) is 0.467. The summed E-state index contributed by atoms with van der Waals surface area (Å²) < 4.78 is 11.3. The fourth-order valence-electron chi connectivity index (χ4n) is 3.06. The van der Waals surface area contributed by atoms with Crippen LogP contribution in [0.1, 0.15) is 11.1 Å². The van der Waals surface area contributed by atoms with Crippen LogP contribution in [0.2, 0.25) is 0 Å². The van der Waals surface area contributed by atoms with Crippen molar-refractivity contribution in [3.63, 3.8) is 0 Å². The Bertz CT molecular complexity index is 1210. The van der Waals surface area contributed by atoms with Gasteiger partial charge < -0.3 is 20.1 Å².